The van der Waals surface area contributed by atoms with Gasteiger partial charge >= 0.3 is 0 Å². The molecule has 0 saturated heterocycles. The molecule has 0 aliphatic carbocycles. The third-order valence-electron chi connectivity index (χ3n) is 9.41. The van der Waals surface area contributed by atoms with Gasteiger partial charge in [-0.3, -0.25) is 19.4 Å². The Hall–Kier alpha value is -4.61. The molecule has 6 heterocycles. The van der Waals surface area contributed by atoms with Gasteiger partial charge in [0.25, 0.3) is 0 Å². The Morgan fingerprint density at radius 1 is 0.760 bits per heavy atom. The summed E-state index contributed by atoms with van der Waals surface area (Å²) in [5.41, 5.74) is 9.70. The van der Waals surface area contributed by atoms with Crippen molar-refractivity contribution in [3.8, 4) is 11.5 Å². The van der Waals surface area contributed by atoms with E-state index in [2.05, 4.69) is 41.3 Å². The molecular weight excluding hydrogens is 664 g/mol. The number of fused-ring (bicyclic) bond motifs is 4. The number of amides is 2. The molecule has 2 aromatic carbocycles. The van der Waals surface area contributed by atoms with Gasteiger partial charge in [0.05, 0.1) is 37.6 Å². The van der Waals surface area contributed by atoms with Gasteiger partial charge in [0.15, 0.2) is 0 Å². The smallest absolute Gasteiger partial charge is 0.247 e. The molecule has 0 bridgehead atoms. The van der Waals surface area contributed by atoms with Crippen LogP contribution < -0.4 is 30.3 Å². The molecule has 0 radical (unpaired) electrons. The molecule has 17 heteroatoms. The zero-order valence-electron chi connectivity index (χ0n) is 28.4. The summed E-state index contributed by atoms with van der Waals surface area (Å²) >= 11 is 0. The topological polar surface area (TPSA) is 165 Å². The minimum absolute atomic E-state index is 0. The van der Waals surface area contributed by atoms with Crippen LogP contribution in [0, 0.1) is 0 Å². The number of carbonyl (C=O) groups excluding carboxylic acids is 2. The van der Waals surface area contributed by atoms with Gasteiger partial charge in [0.2, 0.25) is 11.8 Å². The third kappa shape index (κ3) is 7.29. The van der Waals surface area contributed by atoms with Gasteiger partial charge in [-0.05, 0) is 42.4 Å². The second-order valence-electron chi connectivity index (χ2n) is 12.7. The monoisotopic (exact) mass is 706 g/mol. The summed E-state index contributed by atoms with van der Waals surface area (Å²) in [6.07, 6.45) is 3.21. The van der Waals surface area contributed by atoms with Crippen molar-refractivity contribution in [3.63, 3.8) is 0 Å². The van der Waals surface area contributed by atoms with E-state index in [0.29, 0.717) is 12.4 Å². The van der Waals surface area contributed by atoms with Gasteiger partial charge < -0.3 is 30.3 Å². The van der Waals surface area contributed by atoms with E-state index < -0.39 is 6.04 Å². The standard InChI is InChI=1S/C17H22N6O2.C16H20N6O2.ClH/c1-18-13-10-25-15-4-3-12(7-14(15)21(2)17(13)24)8-22-5-6-23-16(9-22)19-11-20-23;1-20-13-6-11(2-3-14(13)24-9-12(17)16(20)23)7-21-4-5-22-15(8-21)18-10-19-22;/h3-4,7,11,13,18H,5-6,8-10H2,1-2H3;2-3,6,10,12H,4-5,7-9,17H2,1H3;1H. The van der Waals surface area contributed by atoms with E-state index in [1.807, 2.05) is 39.7 Å². The number of aromatic nitrogens is 6. The number of benzene rings is 2. The van der Waals surface area contributed by atoms with Crippen molar-refractivity contribution in [1.29, 1.82) is 0 Å². The summed E-state index contributed by atoms with van der Waals surface area (Å²) in [4.78, 5) is 41.2. The number of rotatable bonds is 5. The predicted octanol–water partition coefficient (Wildman–Crippen LogP) is 0.635. The van der Waals surface area contributed by atoms with Gasteiger partial charge in [0, 0.05) is 40.3 Å². The Morgan fingerprint density at radius 3 is 1.78 bits per heavy atom. The maximum absolute atomic E-state index is 12.5. The lowest BCUT2D eigenvalue weighted by Crippen LogP contribution is -2.45. The lowest BCUT2D eigenvalue weighted by atomic mass is 10.1. The van der Waals surface area contributed by atoms with Crippen molar-refractivity contribution in [2.45, 2.75) is 51.4 Å². The third-order valence-corrected chi connectivity index (χ3v) is 9.41. The lowest BCUT2D eigenvalue weighted by Gasteiger charge is -2.27. The summed E-state index contributed by atoms with van der Waals surface area (Å²) in [5, 5.41) is 11.4. The second-order valence-corrected chi connectivity index (χ2v) is 12.7. The quantitative estimate of drug-likeness (QED) is 0.298. The zero-order chi connectivity index (χ0) is 34.1. The first-order chi connectivity index (χ1) is 23.8. The number of nitrogens with one attached hydrogen (secondary N) is 1. The molecule has 4 aromatic rings. The van der Waals surface area contributed by atoms with E-state index in [4.69, 9.17) is 15.2 Å². The Balaban J connectivity index is 0.000000170. The average Bonchev–Trinajstić information content (AvgIpc) is 3.75. The van der Waals surface area contributed by atoms with Crippen LogP contribution in [0.15, 0.2) is 49.1 Å². The van der Waals surface area contributed by atoms with E-state index in [-0.39, 0.29) is 36.9 Å². The first kappa shape index (κ1) is 35.2. The Kier molecular flexibility index (Phi) is 10.6. The van der Waals surface area contributed by atoms with Gasteiger partial charge in [-0.2, -0.15) is 10.2 Å². The molecule has 3 N–H and O–H groups in total. The number of hydrogen-bond acceptors (Lipinski definition) is 12. The number of nitrogens with zero attached hydrogens (tertiary/aromatic N) is 10. The van der Waals surface area contributed by atoms with Crippen LogP contribution in [-0.2, 0) is 48.9 Å². The first-order valence-corrected chi connectivity index (χ1v) is 16.4. The maximum Gasteiger partial charge on any atom is 0.247 e. The van der Waals surface area contributed by atoms with E-state index in [1.165, 1.54) is 0 Å². The van der Waals surface area contributed by atoms with Gasteiger partial charge in [-0.25, -0.2) is 19.3 Å². The van der Waals surface area contributed by atoms with Crippen molar-refractivity contribution >= 4 is 35.6 Å². The molecule has 4 aliphatic rings. The summed E-state index contributed by atoms with van der Waals surface area (Å²) in [6.45, 7) is 7.24. The minimum atomic E-state index is -0.626. The molecule has 4 aliphatic heterocycles. The van der Waals surface area contributed by atoms with Crippen LogP contribution in [0.5, 0.6) is 11.5 Å². The molecule has 8 rings (SSSR count). The number of carbonyl (C=O) groups is 2. The summed E-state index contributed by atoms with van der Waals surface area (Å²) in [7, 11) is 5.31. The molecular formula is C33H43ClN12O4. The van der Waals surface area contributed by atoms with E-state index in [1.54, 1.807) is 43.6 Å². The number of anilines is 2. The number of likely N-dealkylation sites (N-methyl/N-ethyl adjacent to an activating group) is 3. The van der Waals surface area contributed by atoms with Gasteiger partial charge in [-0.1, -0.05) is 12.1 Å². The molecule has 0 fully saturated rings. The molecule has 50 heavy (non-hydrogen) atoms. The highest BCUT2D eigenvalue weighted by atomic mass is 35.5. The number of hydrogen-bond donors (Lipinski definition) is 2. The van der Waals surface area contributed by atoms with Crippen molar-refractivity contribution in [3.05, 3.63) is 71.8 Å². The summed E-state index contributed by atoms with van der Waals surface area (Å²) in [6, 6.07) is 11.1. The largest absolute Gasteiger partial charge is 0.489 e. The molecule has 2 atom stereocenters. The van der Waals surface area contributed by atoms with Crippen LogP contribution >= 0.6 is 12.4 Å². The molecule has 2 aromatic heterocycles. The van der Waals surface area contributed by atoms with Crippen molar-refractivity contribution in [1.82, 2.24) is 44.6 Å². The Morgan fingerprint density at radius 2 is 1.26 bits per heavy atom. The Bertz CT molecular complexity index is 1830. The summed E-state index contributed by atoms with van der Waals surface area (Å²) < 4.78 is 15.4. The van der Waals surface area contributed by atoms with Crippen LogP contribution in [-0.4, -0.2) is 111 Å². The van der Waals surface area contributed by atoms with Crippen LogP contribution in [0.2, 0.25) is 0 Å². The SMILES string of the molecule is CN1C(=O)C(N)COc2ccc(CN3CCn4ncnc4C3)cc21.CNC1COc2ccc(CN3CCn4ncnc4C3)cc2N(C)C1=O.Cl. The molecule has 0 saturated carbocycles. The molecule has 266 valence electrons. The van der Waals surface area contributed by atoms with Crippen molar-refractivity contribution in [2.75, 3.05) is 57.2 Å². The lowest BCUT2D eigenvalue weighted by molar-refractivity contribution is -0.121. The van der Waals surface area contributed by atoms with Gasteiger partial charge in [0.1, 0.15) is 61.1 Å². The zero-order valence-corrected chi connectivity index (χ0v) is 29.3. The predicted molar refractivity (Wildman–Crippen MR) is 187 cm³/mol. The fourth-order valence-corrected chi connectivity index (χ4v) is 6.52. The fraction of sp³-hybridized carbons (Fsp3) is 0.455. The molecule has 2 amide bonds. The van der Waals surface area contributed by atoms with Crippen LogP contribution in [0.4, 0.5) is 11.4 Å². The average molecular weight is 707 g/mol. The van der Waals surface area contributed by atoms with Gasteiger partial charge in [-0.15, -0.1) is 12.4 Å². The highest BCUT2D eigenvalue weighted by Crippen LogP contribution is 2.33. The highest BCUT2D eigenvalue weighted by Gasteiger charge is 2.29. The second kappa shape index (κ2) is 15.1. The van der Waals surface area contributed by atoms with Crippen LogP contribution in [0.1, 0.15) is 22.8 Å². The minimum Gasteiger partial charge on any atom is -0.489 e. The first-order valence-electron chi connectivity index (χ1n) is 16.4. The Labute approximate surface area is 296 Å². The molecule has 2 unspecified atom stereocenters. The normalized spacial score (nSPS) is 20.4. The molecule has 0 spiro atoms. The maximum atomic E-state index is 12.5. The highest BCUT2D eigenvalue weighted by molar-refractivity contribution is 5.99. The van der Waals surface area contributed by atoms with Crippen LogP contribution in [0.25, 0.3) is 0 Å². The van der Waals surface area contributed by atoms with E-state index in [0.717, 1.165) is 92.3 Å². The summed E-state index contributed by atoms with van der Waals surface area (Å²) in [5.74, 6) is 3.31. The molecule has 16 nitrogen and oxygen atoms in total. The fourth-order valence-electron chi connectivity index (χ4n) is 6.52. The van der Waals surface area contributed by atoms with Crippen molar-refractivity contribution in [2.24, 2.45) is 5.73 Å². The number of ether oxygens (including phenoxy) is 2. The van der Waals surface area contributed by atoms with E-state index >= 15 is 0 Å². The van der Waals surface area contributed by atoms with Crippen molar-refractivity contribution < 1.29 is 19.1 Å². The number of nitrogens with two attached hydrogens (primary N) is 1. The van der Waals surface area contributed by atoms with Crippen LogP contribution in [0.3, 0.4) is 0 Å². The van der Waals surface area contributed by atoms with E-state index in [9.17, 15) is 9.59 Å². The number of halogens is 1.